The molecule has 0 spiro atoms. The van der Waals surface area contributed by atoms with Crippen LogP contribution < -0.4 is 25.0 Å². The predicted molar refractivity (Wildman–Crippen MR) is 133 cm³/mol. The van der Waals surface area contributed by atoms with Gasteiger partial charge in [0.1, 0.15) is 11.5 Å². The first-order valence-corrected chi connectivity index (χ1v) is 11.8. The van der Waals surface area contributed by atoms with Crippen LogP contribution in [0, 0.1) is 0 Å². The van der Waals surface area contributed by atoms with E-state index in [1.807, 2.05) is 36.4 Å². The van der Waals surface area contributed by atoms with E-state index in [2.05, 4.69) is 32.6 Å². The van der Waals surface area contributed by atoms with E-state index in [0.29, 0.717) is 29.1 Å². The van der Waals surface area contributed by atoms with Crippen LogP contribution in [0.4, 0.5) is 10.5 Å². The molecule has 2 aromatic carbocycles. The van der Waals surface area contributed by atoms with E-state index in [-0.39, 0.29) is 12.6 Å². The number of hydrogen-bond acceptors (Lipinski definition) is 7. The number of piperazine rings is 1. The van der Waals surface area contributed by atoms with Crippen LogP contribution in [0.1, 0.15) is 18.5 Å². The maximum atomic E-state index is 13.1. The van der Waals surface area contributed by atoms with E-state index >= 15 is 0 Å². The third-order valence-corrected chi connectivity index (χ3v) is 6.29. The molecule has 35 heavy (non-hydrogen) atoms. The van der Waals surface area contributed by atoms with Gasteiger partial charge >= 0.3 is 12.0 Å². The van der Waals surface area contributed by atoms with Crippen molar-refractivity contribution in [1.82, 2.24) is 15.5 Å². The van der Waals surface area contributed by atoms with Gasteiger partial charge in [-0.05, 0) is 37.3 Å². The average molecular weight is 481 g/mol. The summed E-state index contributed by atoms with van der Waals surface area (Å²) in [6, 6.07) is 14.4. The average Bonchev–Trinajstić information content (AvgIpc) is 2.89. The molecule has 1 fully saturated rings. The van der Waals surface area contributed by atoms with Gasteiger partial charge in [-0.15, -0.1) is 0 Å². The fourth-order valence-electron chi connectivity index (χ4n) is 4.51. The van der Waals surface area contributed by atoms with Crippen molar-refractivity contribution in [2.45, 2.75) is 13.0 Å². The summed E-state index contributed by atoms with van der Waals surface area (Å²) >= 11 is 0. The fraction of sp³-hybridized carbons (Fsp3) is 0.385. The van der Waals surface area contributed by atoms with Crippen LogP contribution in [0.25, 0.3) is 0 Å². The van der Waals surface area contributed by atoms with Crippen molar-refractivity contribution < 1.29 is 23.8 Å². The lowest BCUT2D eigenvalue weighted by Gasteiger charge is -2.38. The third kappa shape index (κ3) is 5.51. The number of hydrogen-bond donors (Lipinski definition) is 2. The Balaban J connectivity index is 1.55. The van der Waals surface area contributed by atoms with E-state index in [1.165, 1.54) is 0 Å². The normalized spacial score (nSPS) is 18.5. The Hall–Kier alpha value is -3.72. The maximum absolute atomic E-state index is 13.1. The number of methoxy groups -OCH3 is 2. The molecule has 1 saturated heterocycles. The summed E-state index contributed by atoms with van der Waals surface area (Å²) in [6.45, 7) is 5.67. The van der Waals surface area contributed by atoms with E-state index in [9.17, 15) is 9.59 Å². The lowest BCUT2D eigenvalue weighted by Crippen LogP contribution is -2.51. The minimum absolute atomic E-state index is 0.239. The molecule has 0 aromatic heterocycles. The SMILES string of the molecule is CCOC(=O)C1=C(CN2CCN(c3ccc(OC)cc3)CC2)NC(=O)NC1c1ccccc1OC. The molecular weight excluding hydrogens is 448 g/mol. The molecule has 1 unspecified atom stereocenters. The van der Waals surface area contributed by atoms with Crippen LogP contribution in [0.3, 0.4) is 0 Å². The quantitative estimate of drug-likeness (QED) is 0.562. The Labute approximate surface area is 205 Å². The Kier molecular flexibility index (Phi) is 7.77. The van der Waals surface area contributed by atoms with Gasteiger partial charge in [-0.3, -0.25) is 4.90 Å². The van der Waals surface area contributed by atoms with Gasteiger partial charge in [0.2, 0.25) is 0 Å². The van der Waals surface area contributed by atoms with Crippen LogP contribution in [-0.4, -0.2) is 70.5 Å². The molecule has 0 saturated carbocycles. The number of nitrogens with zero attached hydrogens (tertiary/aromatic N) is 2. The summed E-state index contributed by atoms with van der Waals surface area (Å²) in [5, 5.41) is 5.74. The Bertz CT molecular complexity index is 1080. The smallest absolute Gasteiger partial charge is 0.338 e. The number of para-hydroxylation sites is 1. The number of benzene rings is 2. The largest absolute Gasteiger partial charge is 0.497 e. The van der Waals surface area contributed by atoms with E-state index in [4.69, 9.17) is 14.2 Å². The second kappa shape index (κ2) is 11.1. The summed E-state index contributed by atoms with van der Waals surface area (Å²) in [7, 11) is 3.23. The molecule has 9 heteroatoms. The number of rotatable bonds is 8. The van der Waals surface area contributed by atoms with Gasteiger partial charge in [-0.1, -0.05) is 18.2 Å². The summed E-state index contributed by atoms with van der Waals surface area (Å²) in [4.78, 5) is 30.3. The molecule has 2 amide bonds. The number of carbonyl (C=O) groups is 2. The highest BCUT2D eigenvalue weighted by molar-refractivity contribution is 5.95. The first-order chi connectivity index (χ1) is 17.0. The number of carbonyl (C=O) groups excluding carboxylic acids is 2. The first kappa shape index (κ1) is 24.4. The van der Waals surface area contributed by atoms with Crippen molar-refractivity contribution in [2.24, 2.45) is 0 Å². The second-order valence-electron chi connectivity index (χ2n) is 8.35. The van der Waals surface area contributed by atoms with Crippen molar-refractivity contribution >= 4 is 17.7 Å². The van der Waals surface area contributed by atoms with E-state index in [0.717, 1.165) is 37.6 Å². The number of anilines is 1. The van der Waals surface area contributed by atoms with Crippen LogP contribution in [0.2, 0.25) is 0 Å². The zero-order valence-electron chi connectivity index (χ0n) is 20.4. The minimum atomic E-state index is -0.672. The van der Waals surface area contributed by atoms with Gasteiger partial charge in [-0.2, -0.15) is 0 Å². The summed E-state index contributed by atoms with van der Waals surface area (Å²) in [6.07, 6.45) is 0. The minimum Gasteiger partial charge on any atom is -0.497 e. The topological polar surface area (TPSA) is 92.4 Å². The first-order valence-electron chi connectivity index (χ1n) is 11.8. The van der Waals surface area contributed by atoms with Crippen molar-refractivity contribution in [3.05, 3.63) is 65.4 Å². The zero-order chi connectivity index (χ0) is 24.8. The number of esters is 1. The molecule has 2 N–H and O–H groups in total. The Morgan fingerprint density at radius 3 is 2.37 bits per heavy atom. The lowest BCUT2D eigenvalue weighted by atomic mass is 9.94. The van der Waals surface area contributed by atoms with Crippen molar-refractivity contribution in [2.75, 3.05) is 58.5 Å². The molecule has 2 aliphatic heterocycles. The summed E-state index contributed by atoms with van der Waals surface area (Å²) in [5.41, 5.74) is 2.80. The van der Waals surface area contributed by atoms with Gasteiger partial charge in [0.25, 0.3) is 0 Å². The lowest BCUT2D eigenvalue weighted by molar-refractivity contribution is -0.139. The van der Waals surface area contributed by atoms with Crippen LogP contribution in [0.5, 0.6) is 11.5 Å². The molecule has 0 bridgehead atoms. The number of urea groups is 1. The zero-order valence-corrected chi connectivity index (χ0v) is 20.4. The summed E-state index contributed by atoms with van der Waals surface area (Å²) < 4.78 is 16.1. The van der Waals surface area contributed by atoms with Crippen LogP contribution in [0.15, 0.2) is 59.8 Å². The summed E-state index contributed by atoms with van der Waals surface area (Å²) in [5.74, 6) is 0.966. The number of nitrogens with one attached hydrogen (secondary N) is 2. The Morgan fingerprint density at radius 1 is 1.00 bits per heavy atom. The highest BCUT2D eigenvalue weighted by Crippen LogP contribution is 2.34. The molecule has 2 aromatic rings. The molecular formula is C26H32N4O5. The van der Waals surface area contributed by atoms with Crippen LogP contribution in [-0.2, 0) is 9.53 Å². The highest BCUT2D eigenvalue weighted by Gasteiger charge is 2.36. The molecule has 0 radical (unpaired) electrons. The predicted octanol–water partition coefficient (Wildman–Crippen LogP) is 2.70. The van der Waals surface area contributed by atoms with Crippen molar-refractivity contribution in [3.8, 4) is 11.5 Å². The fourth-order valence-corrected chi connectivity index (χ4v) is 4.51. The molecule has 1 atom stereocenters. The third-order valence-electron chi connectivity index (χ3n) is 6.29. The van der Waals surface area contributed by atoms with Gasteiger partial charge < -0.3 is 29.7 Å². The highest BCUT2D eigenvalue weighted by atomic mass is 16.5. The molecule has 2 heterocycles. The number of amides is 2. The van der Waals surface area contributed by atoms with Gasteiger partial charge in [0.15, 0.2) is 0 Å². The van der Waals surface area contributed by atoms with Crippen LogP contribution >= 0.6 is 0 Å². The Morgan fingerprint density at radius 2 is 1.71 bits per heavy atom. The maximum Gasteiger partial charge on any atom is 0.338 e. The second-order valence-corrected chi connectivity index (χ2v) is 8.35. The standard InChI is InChI=1S/C26H32N4O5/c1-4-35-25(31)23-21(27-26(32)28-24(23)20-7-5-6-8-22(20)34-3)17-29-13-15-30(16-14-29)18-9-11-19(33-2)12-10-18/h5-12,24H,4,13-17H2,1-3H3,(H2,27,28,32). The van der Waals surface area contributed by atoms with E-state index < -0.39 is 12.0 Å². The molecule has 2 aliphatic rings. The van der Waals surface area contributed by atoms with Crippen molar-refractivity contribution in [1.29, 1.82) is 0 Å². The number of ether oxygens (including phenoxy) is 3. The molecule has 186 valence electrons. The molecule has 4 rings (SSSR count). The molecule has 9 nitrogen and oxygen atoms in total. The van der Waals surface area contributed by atoms with E-state index in [1.54, 1.807) is 21.1 Å². The van der Waals surface area contributed by atoms with Gasteiger partial charge in [-0.25, -0.2) is 9.59 Å². The van der Waals surface area contributed by atoms with Gasteiger partial charge in [0.05, 0.1) is 32.4 Å². The van der Waals surface area contributed by atoms with Crippen molar-refractivity contribution in [3.63, 3.8) is 0 Å². The van der Waals surface area contributed by atoms with Gasteiger partial charge in [0, 0.05) is 49.7 Å². The molecule has 0 aliphatic carbocycles. The monoisotopic (exact) mass is 480 g/mol.